The van der Waals surface area contributed by atoms with Gasteiger partial charge in [0, 0.05) is 0 Å². The van der Waals surface area contributed by atoms with Crippen molar-refractivity contribution < 1.29 is 0 Å². The smallest absolute Gasteiger partial charge is 0.0287 e. The van der Waals surface area contributed by atoms with E-state index in [2.05, 4.69) is 19.6 Å². The van der Waals surface area contributed by atoms with Crippen LogP contribution >= 0.6 is 0 Å². The minimum absolute atomic E-state index is 0.689. The Morgan fingerprint density at radius 3 is 2.42 bits per heavy atom. The van der Waals surface area contributed by atoms with Crippen LogP contribution in [0, 0.1) is 10.8 Å². The maximum absolute atomic E-state index is 3.79. The van der Waals surface area contributed by atoms with Crippen molar-refractivity contribution in [3.8, 4) is 0 Å². The van der Waals surface area contributed by atoms with Gasteiger partial charge in [0.1, 0.15) is 0 Å². The third-order valence-electron chi connectivity index (χ3n) is 3.97. The van der Waals surface area contributed by atoms with Gasteiger partial charge in [-0.1, -0.05) is 19.4 Å². The predicted molar refractivity (Wildman–Crippen MR) is 53.1 cm³/mol. The van der Waals surface area contributed by atoms with Gasteiger partial charge in [-0.05, 0) is 49.4 Å². The second-order valence-electron chi connectivity index (χ2n) is 5.35. The molecule has 68 valence electrons. The van der Waals surface area contributed by atoms with Gasteiger partial charge in [0.15, 0.2) is 0 Å². The van der Waals surface area contributed by atoms with E-state index in [0.29, 0.717) is 5.41 Å². The highest BCUT2D eigenvalue weighted by Gasteiger charge is 2.53. The Balaban J connectivity index is 1.80. The van der Waals surface area contributed by atoms with Crippen LogP contribution in [0.25, 0.3) is 0 Å². The molecular weight excluding hydrogens is 144 g/mol. The molecule has 0 unspecified atom stereocenters. The molecule has 0 amide bonds. The summed E-state index contributed by atoms with van der Waals surface area (Å²) >= 11 is 0. The van der Waals surface area contributed by atoms with E-state index in [1.807, 2.05) is 0 Å². The fraction of sp³-hybridized carbons (Fsp3) is 0.833. The van der Waals surface area contributed by atoms with Gasteiger partial charge in [0.25, 0.3) is 0 Å². The standard InChI is InChI=1S/C12H20/c1-3-4-6-11(2)9-12(10-11)7-5-8-12/h3H,1,4-10H2,2H3. The number of hydrogen-bond donors (Lipinski definition) is 0. The zero-order chi connectivity index (χ0) is 8.66. The van der Waals surface area contributed by atoms with Crippen molar-refractivity contribution in [1.82, 2.24) is 0 Å². The van der Waals surface area contributed by atoms with Crippen LogP contribution < -0.4 is 0 Å². The van der Waals surface area contributed by atoms with Crippen LogP contribution in [0.15, 0.2) is 12.7 Å². The molecule has 2 saturated carbocycles. The summed E-state index contributed by atoms with van der Waals surface area (Å²) in [7, 11) is 0. The van der Waals surface area contributed by atoms with E-state index < -0.39 is 0 Å². The maximum atomic E-state index is 3.79. The van der Waals surface area contributed by atoms with Crippen LogP contribution in [-0.4, -0.2) is 0 Å². The van der Waals surface area contributed by atoms with Crippen molar-refractivity contribution in [2.45, 2.75) is 51.9 Å². The Morgan fingerprint density at radius 2 is 2.00 bits per heavy atom. The van der Waals surface area contributed by atoms with Crippen LogP contribution in [0.5, 0.6) is 0 Å². The van der Waals surface area contributed by atoms with Gasteiger partial charge in [0.2, 0.25) is 0 Å². The van der Waals surface area contributed by atoms with Gasteiger partial charge >= 0.3 is 0 Å². The fourth-order valence-electron chi connectivity index (χ4n) is 3.42. The first-order chi connectivity index (χ1) is 5.68. The molecule has 0 bridgehead atoms. The van der Waals surface area contributed by atoms with Crippen molar-refractivity contribution in [3.05, 3.63) is 12.7 Å². The van der Waals surface area contributed by atoms with Gasteiger partial charge in [-0.2, -0.15) is 0 Å². The third kappa shape index (κ3) is 1.22. The van der Waals surface area contributed by atoms with Crippen LogP contribution in [-0.2, 0) is 0 Å². The fourth-order valence-corrected chi connectivity index (χ4v) is 3.42. The van der Waals surface area contributed by atoms with Gasteiger partial charge in [0.05, 0.1) is 0 Å². The van der Waals surface area contributed by atoms with Gasteiger partial charge in [-0.25, -0.2) is 0 Å². The summed E-state index contributed by atoms with van der Waals surface area (Å²) in [5, 5.41) is 0. The van der Waals surface area contributed by atoms with Crippen molar-refractivity contribution in [3.63, 3.8) is 0 Å². The summed E-state index contributed by atoms with van der Waals surface area (Å²) in [6, 6.07) is 0. The highest BCUT2D eigenvalue weighted by Crippen LogP contribution is 2.65. The van der Waals surface area contributed by atoms with Crippen molar-refractivity contribution >= 4 is 0 Å². The van der Waals surface area contributed by atoms with Gasteiger partial charge in [-0.3, -0.25) is 0 Å². The maximum Gasteiger partial charge on any atom is -0.0287 e. The molecule has 0 heteroatoms. The molecule has 2 aliphatic carbocycles. The molecule has 2 aliphatic rings. The van der Waals surface area contributed by atoms with Crippen LogP contribution in [0.4, 0.5) is 0 Å². The highest BCUT2D eigenvalue weighted by atomic mass is 14.6. The van der Waals surface area contributed by atoms with Gasteiger partial charge < -0.3 is 0 Å². The Hall–Kier alpha value is -0.260. The number of hydrogen-bond acceptors (Lipinski definition) is 0. The van der Waals surface area contributed by atoms with E-state index in [9.17, 15) is 0 Å². The average molecular weight is 164 g/mol. The van der Waals surface area contributed by atoms with E-state index in [0.717, 1.165) is 5.41 Å². The monoisotopic (exact) mass is 164 g/mol. The summed E-state index contributed by atoms with van der Waals surface area (Å²) in [5.41, 5.74) is 1.53. The minimum Gasteiger partial charge on any atom is -0.103 e. The van der Waals surface area contributed by atoms with E-state index in [1.165, 1.54) is 44.9 Å². The summed E-state index contributed by atoms with van der Waals surface area (Å²) in [4.78, 5) is 0. The largest absolute Gasteiger partial charge is 0.103 e. The van der Waals surface area contributed by atoms with E-state index >= 15 is 0 Å². The highest BCUT2D eigenvalue weighted by molar-refractivity contribution is 5.05. The molecule has 12 heavy (non-hydrogen) atoms. The number of allylic oxidation sites excluding steroid dienone is 1. The summed E-state index contributed by atoms with van der Waals surface area (Å²) < 4.78 is 0. The average Bonchev–Trinajstić information content (AvgIpc) is 1.92. The molecule has 0 atom stereocenters. The van der Waals surface area contributed by atoms with Crippen molar-refractivity contribution in [2.24, 2.45) is 10.8 Å². The first kappa shape index (κ1) is 8.34. The number of rotatable bonds is 3. The van der Waals surface area contributed by atoms with Crippen LogP contribution in [0.3, 0.4) is 0 Å². The SMILES string of the molecule is C=CCCC1(C)CC2(CCC2)C1. The van der Waals surface area contributed by atoms with E-state index in [4.69, 9.17) is 0 Å². The molecule has 0 aromatic rings. The lowest BCUT2D eigenvalue weighted by Gasteiger charge is -2.60. The molecule has 0 aromatic heterocycles. The third-order valence-corrected chi connectivity index (χ3v) is 3.97. The molecule has 2 fully saturated rings. The van der Waals surface area contributed by atoms with Crippen LogP contribution in [0.2, 0.25) is 0 Å². The lowest BCUT2D eigenvalue weighted by atomic mass is 9.45. The van der Waals surface area contributed by atoms with Crippen molar-refractivity contribution in [2.75, 3.05) is 0 Å². The molecule has 0 N–H and O–H groups in total. The molecule has 0 nitrogen and oxygen atoms in total. The first-order valence-electron chi connectivity index (χ1n) is 5.29. The molecule has 1 spiro atoms. The first-order valence-corrected chi connectivity index (χ1v) is 5.29. The topological polar surface area (TPSA) is 0 Å². The Labute approximate surface area is 76.1 Å². The Morgan fingerprint density at radius 1 is 1.33 bits per heavy atom. The zero-order valence-electron chi connectivity index (χ0n) is 8.23. The minimum atomic E-state index is 0.689. The molecule has 2 rings (SSSR count). The molecule has 0 radical (unpaired) electrons. The molecule has 0 aliphatic heterocycles. The van der Waals surface area contributed by atoms with E-state index in [-0.39, 0.29) is 0 Å². The Bertz CT molecular complexity index is 178. The summed E-state index contributed by atoms with van der Waals surface area (Å²) in [6.07, 6.45) is 12.2. The molecule has 0 saturated heterocycles. The molecule has 0 heterocycles. The van der Waals surface area contributed by atoms with Gasteiger partial charge in [-0.15, -0.1) is 6.58 Å². The van der Waals surface area contributed by atoms with E-state index in [1.54, 1.807) is 0 Å². The quantitative estimate of drug-likeness (QED) is 0.554. The Kier molecular flexibility index (Phi) is 1.82. The molecular formula is C12H20. The lowest BCUT2D eigenvalue weighted by molar-refractivity contribution is -0.0896. The zero-order valence-corrected chi connectivity index (χ0v) is 8.23. The van der Waals surface area contributed by atoms with Crippen molar-refractivity contribution in [1.29, 1.82) is 0 Å². The normalized spacial score (nSPS) is 29.1. The molecule has 0 aromatic carbocycles. The summed E-state index contributed by atoms with van der Waals surface area (Å²) in [5.74, 6) is 0. The second-order valence-corrected chi connectivity index (χ2v) is 5.35. The predicted octanol–water partition coefficient (Wildman–Crippen LogP) is 3.92. The lowest BCUT2D eigenvalue weighted by Crippen LogP contribution is -2.48. The van der Waals surface area contributed by atoms with Crippen LogP contribution in [0.1, 0.15) is 51.9 Å². The summed E-state index contributed by atoms with van der Waals surface area (Å²) in [6.45, 7) is 6.25. The second kappa shape index (κ2) is 2.61.